The number of hydrogen-bond acceptors (Lipinski definition) is 4. The van der Waals surface area contributed by atoms with E-state index in [1.165, 1.54) is 4.90 Å². The number of fused-ring (bicyclic) bond motifs is 1. The molecule has 1 heterocycles. The van der Waals surface area contributed by atoms with Crippen molar-refractivity contribution in [3.63, 3.8) is 0 Å². The third kappa shape index (κ3) is 4.91. The van der Waals surface area contributed by atoms with Crippen LogP contribution in [0.2, 0.25) is 5.02 Å². The molecule has 3 aromatic rings. The van der Waals surface area contributed by atoms with E-state index in [0.29, 0.717) is 22.1 Å². The van der Waals surface area contributed by atoms with Crippen LogP contribution in [0.4, 0.5) is 17.1 Å². The summed E-state index contributed by atoms with van der Waals surface area (Å²) in [6.45, 7) is 1.61. The van der Waals surface area contributed by atoms with Crippen molar-refractivity contribution < 1.29 is 9.59 Å². The van der Waals surface area contributed by atoms with Crippen LogP contribution in [-0.4, -0.2) is 44.2 Å². The van der Waals surface area contributed by atoms with Crippen LogP contribution in [0, 0.1) is 0 Å². The summed E-state index contributed by atoms with van der Waals surface area (Å²) in [6, 6.07) is 21.8. The third-order valence-corrected chi connectivity index (χ3v) is 5.70. The lowest BCUT2D eigenvalue weighted by Gasteiger charge is -2.24. The van der Waals surface area contributed by atoms with Crippen molar-refractivity contribution in [1.82, 2.24) is 0 Å². The molecule has 168 valence electrons. The molecular formula is C26H25ClN4O2. The minimum absolute atomic E-state index is 0.134. The maximum atomic E-state index is 13.3. The molecule has 4 rings (SSSR count). The first-order valence-electron chi connectivity index (χ1n) is 10.7. The fraction of sp³-hybridized carbons (Fsp3) is 0.192. The second-order valence-corrected chi connectivity index (χ2v) is 8.53. The Hall–Kier alpha value is -3.64. The molecule has 0 saturated carbocycles. The molecule has 0 saturated heterocycles. The predicted molar refractivity (Wildman–Crippen MR) is 135 cm³/mol. The van der Waals surface area contributed by atoms with Crippen LogP contribution in [0.25, 0.3) is 0 Å². The van der Waals surface area contributed by atoms with Gasteiger partial charge in [0.25, 0.3) is 5.91 Å². The first kappa shape index (κ1) is 22.6. The lowest BCUT2D eigenvalue weighted by Crippen LogP contribution is -2.42. The summed E-state index contributed by atoms with van der Waals surface area (Å²) >= 11 is 6.31. The Labute approximate surface area is 198 Å². The second kappa shape index (κ2) is 9.46. The van der Waals surface area contributed by atoms with E-state index in [2.05, 4.69) is 5.32 Å². The van der Waals surface area contributed by atoms with Gasteiger partial charge in [0.05, 0.1) is 11.4 Å². The van der Waals surface area contributed by atoms with Crippen molar-refractivity contribution >= 4 is 46.2 Å². The summed E-state index contributed by atoms with van der Waals surface area (Å²) in [6.07, 6.45) is 0. The molecule has 1 atom stereocenters. The van der Waals surface area contributed by atoms with Crippen molar-refractivity contribution in [2.45, 2.75) is 13.0 Å². The molecule has 0 bridgehead atoms. The molecule has 2 amide bonds. The molecule has 6 nitrogen and oxygen atoms in total. The van der Waals surface area contributed by atoms with Gasteiger partial charge in [-0.05, 0) is 49.4 Å². The molecular weight excluding hydrogens is 436 g/mol. The molecule has 1 aliphatic rings. The summed E-state index contributed by atoms with van der Waals surface area (Å²) in [5.41, 5.74) is 4.58. The Morgan fingerprint density at radius 2 is 1.76 bits per heavy atom. The minimum atomic E-state index is -0.654. The normalized spacial score (nSPS) is 15.4. The van der Waals surface area contributed by atoms with Gasteiger partial charge in [-0.3, -0.25) is 14.6 Å². The highest BCUT2D eigenvalue weighted by Crippen LogP contribution is 2.31. The van der Waals surface area contributed by atoms with Crippen molar-refractivity contribution in [2.24, 2.45) is 4.99 Å². The number of hydrogen-bond donors (Lipinski definition) is 1. The molecule has 1 aliphatic heterocycles. The van der Waals surface area contributed by atoms with Gasteiger partial charge in [0.15, 0.2) is 0 Å². The van der Waals surface area contributed by atoms with Crippen LogP contribution in [0.5, 0.6) is 0 Å². The molecule has 0 fully saturated rings. The molecule has 0 spiro atoms. The van der Waals surface area contributed by atoms with Crippen LogP contribution < -0.4 is 15.1 Å². The fourth-order valence-electron chi connectivity index (χ4n) is 3.77. The van der Waals surface area contributed by atoms with Gasteiger partial charge >= 0.3 is 0 Å². The van der Waals surface area contributed by atoms with E-state index in [9.17, 15) is 9.59 Å². The van der Waals surface area contributed by atoms with Gasteiger partial charge in [-0.1, -0.05) is 41.9 Å². The first-order valence-corrected chi connectivity index (χ1v) is 11.0. The van der Waals surface area contributed by atoms with Crippen molar-refractivity contribution in [2.75, 3.05) is 35.8 Å². The number of carbonyl (C=O) groups excluding carboxylic acids is 2. The Morgan fingerprint density at radius 1 is 1.06 bits per heavy atom. The van der Waals surface area contributed by atoms with E-state index < -0.39 is 6.04 Å². The van der Waals surface area contributed by atoms with E-state index in [1.54, 1.807) is 25.1 Å². The zero-order chi connectivity index (χ0) is 23.5. The van der Waals surface area contributed by atoms with Gasteiger partial charge in [-0.25, -0.2) is 0 Å². The molecule has 3 aromatic carbocycles. The number of benzene rings is 3. The average molecular weight is 461 g/mol. The summed E-state index contributed by atoms with van der Waals surface area (Å²) in [5, 5.41) is 3.41. The molecule has 1 N–H and O–H groups in total. The lowest BCUT2D eigenvalue weighted by atomic mass is 10.00. The van der Waals surface area contributed by atoms with E-state index in [1.807, 2.05) is 73.6 Å². The number of rotatable bonds is 5. The van der Waals surface area contributed by atoms with Crippen LogP contribution in [0.15, 0.2) is 77.8 Å². The third-order valence-electron chi connectivity index (χ3n) is 5.47. The van der Waals surface area contributed by atoms with Crippen molar-refractivity contribution in [3.8, 4) is 0 Å². The summed E-state index contributed by atoms with van der Waals surface area (Å²) in [4.78, 5) is 34.4. The average Bonchev–Trinajstić information content (AvgIpc) is 2.90. The number of nitrogens with one attached hydrogen (secondary N) is 1. The maximum absolute atomic E-state index is 13.3. The maximum Gasteiger partial charge on any atom is 0.252 e. The van der Waals surface area contributed by atoms with Crippen LogP contribution in [-0.2, 0) is 9.59 Å². The van der Waals surface area contributed by atoms with E-state index in [4.69, 9.17) is 16.6 Å². The number of nitrogens with zero attached hydrogens (tertiary/aromatic N) is 3. The zero-order valence-electron chi connectivity index (χ0n) is 18.7. The molecule has 0 aromatic heterocycles. The van der Waals surface area contributed by atoms with Crippen molar-refractivity contribution in [1.29, 1.82) is 0 Å². The topological polar surface area (TPSA) is 65.0 Å². The van der Waals surface area contributed by atoms with Gasteiger partial charge < -0.3 is 15.1 Å². The number of aliphatic imine (C=N–C) groups is 1. The predicted octanol–water partition coefficient (Wildman–Crippen LogP) is 4.62. The largest absolute Gasteiger partial charge is 0.378 e. The monoisotopic (exact) mass is 460 g/mol. The summed E-state index contributed by atoms with van der Waals surface area (Å²) < 4.78 is 0. The van der Waals surface area contributed by atoms with Gasteiger partial charge in [-0.2, -0.15) is 0 Å². The molecule has 7 heteroatoms. The zero-order valence-corrected chi connectivity index (χ0v) is 19.5. The van der Waals surface area contributed by atoms with Gasteiger partial charge in [0, 0.05) is 41.6 Å². The lowest BCUT2D eigenvalue weighted by molar-refractivity contribution is -0.122. The number of benzodiazepines with no additional fused rings is 1. The van der Waals surface area contributed by atoms with Crippen LogP contribution in [0.1, 0.15) is 18.1 Å². The number of anilines is 3. The molecule has 0 aliphatic carbocycles. The van der Waals surface area contributed by atoms with E-state index >= 15 is 0 Å². The standard InChI is InChI=1S/C26H25ClN4O2/c1-17-26(33)31(16-24(32)29-20-10-12-21(13-11-20)30(2)3)23-14-9-19(27)15-22(23)25(28-17)18-7-5-4-6-8-18/h4-15,17H,16H2,1-3H3,(H,29,32)/t17-/m0/s1. The first-order chi connectivity index (χ1) is 15.8. The summed E-state index contributed by atoms with van der Waals surface area (Å²) in [7, 11) is 3.91. The number of carbonyl (C=O) groups is 2. The number of halogens is 1. The fourth-order valence-corrected chi connectivity index (χ4v) is 3.94. The quantitative estimate of drug-likeness (QED) is 0.604. The van der Waals surface area contributed by atoms with Crippen molar-refractivity contribution in [3.05, 3.63) is 88.9 Å². The van der Waals surface area contributed by atoms with Gasteiger partial charge in [0.2, 0.25) is 5.91 Å². The second-order valence-electron chi connectivity index (χ2n) is 8.10. The Morgan fingerprint density at radius 3 is 2.42 bits per heavy atom. The van der Waals surface area contributed by atoms with Crippen LogP contribution in [0.3, 0.4) is 0 Å². The Bertz CT molecular complexity index is 1210. The molecule has 0 unspecified atom stereocenters. The van der Waals surface area contributed by atoms with Crippen LogP contribution >= 0.6 is 11.6 Å². The smallest absolute Gasteiger partial charge is 0.252 e. The molecule has 0 radical (unpaired) electrons. The highest BCUT2D eigenvalue weighted by atomic mass is 35.5. The Balaban J connectivity index is 1.65. The Kier molecular flexibility index (Phi) is 6.47. The highest BCUT2D eigenvalue weighted by Gasteiger charge is 2.31. The van der Waals surface area contributed by atoms with E-state index in [0.717, 1.165) is 16.8 Å². The van der Waals surface area contributed by atoms with Gasteiger partial charge in [-0.15, -0.1) is 0 Å². The van der Waals surface area contributed by atoms with Gasteiger partial charge in [0.1, 0.15) is 12.6 Å². The van der Waals surface area contributed by atoms with E-state index in [-0.39, 0.29) is 18.4 Å². The number of amides is 2. The highest BCUT2D eigenvalue weighted by molar-refractivity contribution is 6.32. The SMILES string of the molecule is C[C@@H]1N=C(c2ccccc2)c2cc(Cl)ccc2N(CC(=O)Nc2ccc(N(C)C)cc2)C1=O. The molecule has 33 heavy (non-hydrogen) atoms. The summed E-state index contributed by atoms with van der Waals surface area (Å²) in [5.74, 6) is -0.542. The minimum Gasteiger partial charge on any atom is -0.378 e.